The maximum absolute atomic E-state index is 12.4. The van der Waals surface area contributed by atoms with E-state index in [0.717, 1.165) is 78.2 Å². The first-order chi connectivity index (χ1) is 21.9. The molecule has 3 aliphatic heterocycles. The van der Waals surface area contributed by atoms with Gasteiger partial charge in [-0.2, -0.15) is 10.2 Å². The molecule has 1 aromatic carbocycles. The highest BCUT2D eigenvalue weighted by molar-refractivity contribution is 5.75. The van der Waals surface area contributed by atoms with Crippen molar-refractivity contribution in [2.75, 3.05) is 31.6 Å². The molecule has 2 fully saturated rings. The van der Waals surface area contributed by atoms with Crippen LogP contribution in [0.3, 0.4) is 0 Å². The van der Waals surface area contributed by atoms with E-state index in [1.165, 1.54) is 6.08 Å². The van der Waals surface area contributed by atoms with Crippen LogP contribution in [0.25, 0.3) is 6.08 Å². The van der Waals surface area contributed by atoms with E-state index in [4.69, 9.17) is 29.4 Å². The number of nitrogens with one attached hydrogen (secondary N) is 2. The maximum Gasteiger partial charge on any atom is 0.242 e. The van der Waals surface area contributed by atoms with Crippen molar-refractivity contribution in [1.82, 2.24) is 35.2 Å². The first-order valence-electron chi connectivity index (χ1n) is 15.5. The number of carbonyl (C=O) groups is 1. The van der Waals surface area contributed by atoms with E-state index in [1.54, 1.807) is 10.8 Å². The monoisotopic (exact) mass is 613 g/mol. The van der Waals surface area contributed by atoms with E-state index in [9.17, 15) is 4.79 Å². The van der Waals surface area contributed by atoms with Crippen LogP contribution in [0.2, 0.25) is 0 Å². The number of allylic oxidation sites excluding steroid dienone is 1. The predicted octanol–water partition coefficient (Wildman–Crippen LogP) is 3.42. The molecule has 0 atom stereocenters. The number of nitriles is 1. The molecule has 13 heteroatoms. The summed E-state index contributed by atoms with van der Waals surface area (Å²) in [6, 6.07) is 6.41. The van der Waals surface area contributed by atoms with E-state index in [2.05, 4.69) is 25.8 Å². The van der Waals surface area contributed by atoms with Gasteiger partial charge in [0.25, 0.3) is 0 Å². The molecule has 0 aliphatic carbocycles. The minimum absolute atomic E-state index is 0.0493. The Hall–Kier alpha value is -4.38. The van der Waals surface area contributed by atoms with Crippen molar-refractivity contribution < 1.29 is 19.0 Å². The zero-order valence-corrected chi connectivity index (χ0v) is 25.8. The van der Waals surface area contributed by atoms with E-state index in [-0.39, 0.29) is 24.5 Å². The number of anilines is 1. The van der Waals surface area contributed by atoms with Gasteiger partial charge >= 0.3 is 0 Å². The Morgan fingerprint density at radius 1 is 1.09 bits per heavy atom. The summed E-state index contributed by atoms with van der Waals surface area (Å²) < 4.78 is 19.1. The van der Waals surface area contributed by atoms with Gasteiger partial charge in [-0.25, -0.2) is 9.67 Å². The normalized spacial score (nSPS) is 17.7. The standard InChI is InChI=1S/C32H39N9O4/c1-21-14-23(4-3-9-33)15-22(2)30(21)45-31-27-19-44-20-28(27)36-32(37-31)35-24-5-10-40(11-6-24)16-26-17-41(39-38-26)18-29(42)34-25-7-12-43-13-8-25/h3-4,14-15,17,24-25H,5-8,10-13,16,18-20H2,1-2H3,(H,34,42)(H,35,36,37)/b4-3+. The number of piperidine rings is 1. The zero-order chi connectivity index (χ0) is 31.2. The lowest BCUT2D eigenvalue weighted by Gasteiger charge is -2.31. The Labute approximate surface area is 262 Å². The fraction of sp³-hybridized carbons (Fsp3) is 0.500. The van der Waals surface area contributed by atoms with Crippen LogP contribution in [-0.2, 0) is 40.6 Å². The third-order valence-electron chi connectivity index (χ3n) is 8.36. The van der Waals surface area contributed by atoms with Crippen LogP contribution in [0.15, 0.2) is 24.4 Å². The van der Waals surface area contributed by atoms with E-state index < -0.39 is 0 Å². The Balaban J connectivity index is 1.03. The van der Waals surface area contributed by atoms with Gasteiger partial charge in [0.15, 0.2) is 0 Å². The van der Waals surface area contributed by atoms with Gasteiger partial charge in [0.1, 0.15) is 12.3 Å². The summed E-state index contributed by atoms with van der Waals surface area (Å²) in [6.07, 6.45) is 8.64. The molecule has 2 saturated heterocycles. The van der Waals surface area contributed by atoms with Crippen molar-refractivity contribution in [3.05, 3.63) is 58.0 Å². The quantitative estimate of drug-likeness (QED) is 0.324. The topological polar surface area (TPSA) is 152 Å². The van der Waals surface area contributed by atoms with Crippen LogP contribution in [0.1, 0.15) is 59.3 Å². The molecular weight excluding hydrogens is 574 g/mol. The molecule has 5 heterocycles. The number of aromatic nitrogens is 5. The first kappa shape index (κ1) is 30.6. The number of nitrogens with zero attached hydrogens (tertiary/aromatic N) is 7. The Bertz CT molecular complexity index is 1560. The highest BCUT2D eigenvalue weighted by Crippen LogP contribution is 2.35. The molecule has 6 rings (SSSR count). The molecule has 2 N–H and O–H groups in total. The largest absolute Gasteiger partial charge is 0.438 e. The van der Waals surface area contributed by atoms with Crippen molar-refractivity contribution in [3.8, 4) is 17.7 Å². The lowest BCUT2D eigenvalue weighted by Crippen LogP contribution is -2.40. The molecule has 0 saturated carbocycles. The van der Waals surface area contributed by atoms with Crippen LogP contribution in [-0.4, -0.2) is 74.2 Å². The van der Waals surface area contributed by atoms with Gasteiger partial charge in [-0.3, -0.25) is 9.69 Å². The van der Waals surface area contributed by atoms with Crippen molar-refractivity contribution >= 4 is 17.9 Å². The highest BCUT2D eigenvalue weighted by atomic mass is 16.5. The third kappa shape index (κ3) is 7.83. The molecule has 3 aliphatic rings. The number of likely N-dealkylation sites (tertiary alicyclic amines) is 1. The number of hydrogen-bond donors (Lipinski definition) is 2. The average Bonchev–Trinajstić information content (AvgIpc) is 3.69. The molecule has 3 aromatic rings. The molecule has 45 heavy (non-hydrogen) atoms. The maximum atomic E-state index is 12.4. The molecule has 0 radical (unpaired) electrons. The second-order valence-corrected chi connectivity index (χ2v) is 11.9. The first-order valence-corrected chi connectivity index (χ1v) is 15.5. The number of hydrogen-bond acceptors (Lipinski definition) is 11. The molecular formula is C32H39N9O4. The van der Waals surface area contributed by atoms with Crippen LogP contribution in [0, 0.1) is 25.2 Å². The number of ether oxygens (including phenoxy) is 3. The molecule has 0 unspecified atom stereocenters. The van der Waals surface area contributed by atoms with Crippen molar-refractivity contribution in [2.24, 2.45) is 0 Å². The summed E-state index contributed by atoms with van der Waals surface area (Å²) in [6.45, 7) is 8.81. The summed E-state index contributed by atoms with van der Waals surface area (Å²) in [7, 11) is 0. The van der Waals surface area contributed by atoms with E-state index in [1.807, 2.05) is 38.2 Å². The van der Waals surface area contributed by atoms with Crippen molar-refractivity contribution in [2.45, 2.75) is 77.9 Å². The van der Waals surface area contributed by atoms with Crippen LogP contribution in [0.4, 0.5) is 5.95 Å². The Morgan fingerprint density at radius 3 is 2.62 bits per heavy atom. The van der Waals surface area contributed by atoms with E-state index in [0.29, 0.717) is 44.8 Å². The molecule has 0 spiro atoms. The fourth-order valence-electron chi connectivity index (χ4n) is 6.04. The molecule has 2 aromatic heterocycles. The van der Waals surface area contributed by atoms with Crippen LogP contribution < -0.4 is 15.4 Å². The molecule has 236 valence electrons. The third-order valence-corrected chi connectivity index (χ3v) is 8.36. The summed E-state index contributed by atoms with van der Waals surface area (Å²) in [5.74, 6) is 1.74. The van der Waals surface area contributed by atoms with Crippen molar-refractivity contribution in [3.63, 3.8) is 0 Å². The van der Waals surface area contributed by atoms with Crippen molar-refractivity contribution in [1.29, 1.82) is 5.26 Å². The van der Waals surface area contributed by atoms with Gasteiger partial charge in [0.05, 0.1) is 42.4 Å². The van der Waals surface area contributed by atoms with Crippen LogP contribution >= 0.6 is 0 Å². The molecule has 1 amide bonds. The lowest BCUT2D eigenvalue weighted by atomic mass is 10.1. The minimum atomic E-state index is -0.0493. The second-order valence-electron chi connectivity index (χ2n) is 11.9. The SMILES string of the molecule is Cc1cc(/C=C/C#N)cc(C)c1Oc1nc(NC2CCN(Cc3cn(CC(=O)NC4CCOCC4)nn3)CC2)nc2c1COC2. The van der Waals surface area contributed by atoms with Gasteiger partial charge in [-0.05, 0) is 74.4 Å². The second kappa shape index (κ2) is 14.2. The minimum Gasteiger partial charge on any atom is -0.438 e. The van der Waals surface area contributed by atoms with Gasteiger partial charge in [0, 0.05) is 51.0 Å². The predicted molar refractivity (Wildman–Crippen MR) is 165 cm³/mol. The smallest absolute Gasteiger partial charge is 0.242 e. The fourth-order valence-corrected chi connectivity index (χ4v) is 6.04. The van der Waals surface area contributed by atoms with Gasteiger partial charge in [-0.15, -0.1) is 5.10 Å². The number of aryl methyl sites for hydroxylation is 2. The number of fused-ring (bicyclic) bond motifs is 1. The Morgan fingerprint density at radius 2 is 1.87 bits per heavy atom. The summed E-state index contributed by atoms with van der Waals surface area (Å²) in [5.41, 5.74) is 5.42. The zero-order valence-electron chi connectivity index (χ0n) is 25.8. The van der Waals surface area contributed by atoms with Crippen LogP contribution in [0.5, 0.6) is 11.6 Å². The summed E-state index contributed by atoms with van der Waals surface area (Å²) in [5, 5.41) is 23.9. The Kier molecular flexibility index (Phi) is 9.63. The average molecular weight is 614 g/mol. The van der Waals surface area contributed by atoms with Gasteiger partial charge in [0.2, 0.25) is 17.7 Å². The van der Waals surface area contributed by atoms with Gasteiger partial charge in [-0.1, -0.05) is 5.21 Å². The summed E-state index contributed by atoms with van der Waals surface area (Å²) >= 11 is 0. The highest BCUT2D eigenvalue weighted by Gasteiger charge is 2.26. The molecule has 13 nitrogen and oxygen atoms in total. The molecule has 0 bridgehead atoms. The lowest BCUT2D eigenvalue weighted by molar-refractivity contribution is -0.123. The number of rotatable bonds is 10. The number of amides is 1. The number of carbonyl (C=O) groups excluding carboxylic acids is 1. The van der Waals surface area contributed by atoms with Gasteiger partial charge < -0.3 is 24.8 Å². The summed E-state index contributed by atoms with van der Waals surface area (Å²) in [4.78, 5) is 24.3. The van der Waals surface area contributed by atoms with E-state index >= 15 is 0 Å². The number of benzene rings is 1.